The van der Waals surface area contributed by atoms with Crippen molar-refractivity contribution in [3.05, 3.63) is 29.3 Å². The first-order valence-corrected chi connectivity index (χ1v) is 6.41. The van der Waals surface area contributed by atoms with E-state index in [0.29, 0.717) is 18.9 Å². The predicted molar refractivity (Wildman–Crippen MR) is 74.1 cm³/mol. The third-order valence-corrected chi connectivity index (χ3v) is 2.94. The van der Waals surface area contributed by atoms with Gasteiger partial charge in [0, 0.05) is 25.1 Å². The van der Waals surface area contributed by atoms with E-state index in [1.165, 1.54) is 5.56 Å². The molecule has 0 atom stereocenters. The van der Waals surface area contributed by atoms with Crippen LogP contribution in [0.3, 0.4) is 0 Å². The molecule has 0 spiro atoms. The van der Waals surface area contributed by atoms with E-state index in [9.17, 15) is 4.79 Å². The molecule has 0 aromatic heterocycles. The van der Waals surface area contributed by atoms with Crippen LogP contribution in [-0.4, -0.2) is 19.4 Å². The lowest BCUT2D eigenvalue weighted by Gasteiger charge is -2.13. The van der Waals surface area contributed by atoms with Crippen molar-refractivity contribution >= 4 is 5.78 Å². The molecule has 3 heteroatoms. The molecule has 0 unspecified atom stereocenters. The van der Waals surface area contributed by atoms with Gasteiger partial charge in [-0.25, -0.2) is 0 Å². The first-order valence-electron chi connectivity index (χ1n) is 6.41. The van der Waals surface area contributed by atoms with Gasteiger partial charge in [0.25, 0.3) is 0 Å². The molecule has 0 heterocycles. The van der Waals surface area contributed by atoms with E-state index >= 15 is 0 Å². The molecular weight excluding hydrogens is 226 g/mol. The van der Waals surface area contributed by atoms with Crippen molar-refractivity contribution in [1.29, 1.82) is 0 Å². The fourth-order valence-corrected chi connectivity index (χ4v) is 1.78. The Morgan fingerprint density at radius 3 is 2.67 bits per heavy atom. The second-order valence-corrected chi connectivity index (χ2v) is 4.85. The largest absolute Gasteiger partial charge is 0.496 e. The molecule has 0 saturated carbocycles. The molecule has 0 amide bonds. The van der Waals surface area contributed by atoms with E-state index in [2.05, 4.69) is 31.3 Å². The second-order valence-electron chi connectivity index (χ2n) is 4.85. The fourth-order valence-electron chi connectivity index (χ4n) is 1.78. The SMILES string of the molecule is COc1ccc(C(C)C)cc1CNCCC(C)=O. The molecule has 18 heavy (non-hydrogen) atoms. The van der Waals surface area contributed by atoms with Gasteiger partial charge in [0.1, 0.15) is 11.5 Å². The number of carbonyl (C=O) groups is 1. The number of ether oxygens (including phenoxy) is 1. The normalized spacial score (nSPS) is 10.7. The molecule has 0 aliphatic carbocycles. The van der Waals surface area contributed by atoms with E-state index in [1.807, 2.05) is 6.07 Å². The van der Waals surface area contributed by atoms with Gasteiger partial charge in [-0.2, -0.15) is 0 Å². The molecule has 0 fully saturated rings. The quantitative estimate of drug-likeness (QED) is 0.755. The summed E-state index contributed by atoms with van der Waals surface area (Å²) in [7, 11) is 1.68. The van der Waals surface area contributed by atoms with E-state index in [0.717, 1.165) is 17.9 Å². The van der Waals surface area contributed by atoms with Gasteiger partial charge in [0.05, 0.1) is 7.11 Å². The lowest BCUT2D eigenvalue weighted by Crippen LogP contribution is -2.17. The zero-order valence-corrected chi connectivity index (χ0v) is 11.7. The molecule has 3 nitrogen and oxygen atoms in total. The van der Waals surface area contributed by atoms with Gasteiger partial charge in [-0.15, -0.1) is 0 Å². The average Bonchev–Trinajstić information content (AvgIpc) is 2.34. The zero-order chi connectivity index (χ0) is 13.5. The molecule has 1 aromatic carbocycles. The van der Waals surface area contributed by atoms with Crippen LogP contribution in [0.1, 0.15) is 44.2 Å². The smallest absolute Gasteiger partial charge is 0.131 e. The standard InChI is InChI=1S/C15H23NO2/c1-11(2)13-5-6-15(18-4)14(9-13)10-16-8-7-12(3)17/h5-6,9,11,16H,7-8,10H2,1-4H3. The van der Waals surface area contributed by atoms with Crippen molar-refractivity contribution in [2.45, 2.75) is 39.7 Å². The summed E-state index contributed by atoms with van der Waals surface area (Å²) < 4.78 is 5.35. The molecule has 0 saturated heterocycles. The third kappa shape index (κ3) is 4.49. The van der Waals surface area contributed by atoms with Crippen LogP contribution in [0.15, 0.2) is 18.2 Å². The summed E-state index contributed by atoms with van der Waals surface area (Å²) in [5, 5.41) is 3.27. The third-order valence-electron chi connectivity index (χ3n) is 2.94. The minimum atomic E-state index is 0.213. The summed E-state index contributed by atoms with van der Waals surface area (Å²) in [4.78, 5) is 10.9. The summed E-state index contributed by atoms with van der Waals surface area (Å²) in [6.45, 7) is 7.41. The van der Waals surface area contributed by atoms with Crippen molar-refractivity contribution in [2.75, 3.05) is 13.7 Å². The summed E-state index contributed by atoms with van der Waals surface area (Å²) in [6, 6.07) is 6.28. The number of rotatable bonds is 7. The van der Waals surface area contributed by atoms with Crippen molar-refractivity contribution < 1.29 is 9.53 Å². The lowest BCUT2D eigenvalue weighted by molar-refractivity contribution is -0.116. The molecule has 0 bridgehead atoms. The van der Waals surface area contributed by atoms with Gasteiger partial charge in [0.2, 0.25) is 0 Å². The van der Waals surface area contributed by atoms with E-state index in [4.69, 9.17) is 4.74 Å². The molecule has 1 N–H and O–H groups in total. The number of hydrogen-bond donors (Lipinski definition) is 1. The Balaban J connectivity index is 2.66. The highest BCUT2D eigenvalue weighted by atomic mass is 16.5. The lowest BCUT2D eigenvalue weighted by atomic mass is 10.00. The Bertz CT molecular complexity index is 399. The number of carbonyl (C=O) groups excluding carboxylic acids is 1. The number of Topliss-reactive ketones (excluding diaryl/α,β-unsaturated/α-hetero) is 1. The van der Waals surface area contributed by atoms with Crippen LogP contribution < -0.4 is 10.1 Å². The molecule has 0 radical (unpaired) electrons. The van der Waals surface area contributed by atoms with Gasteiger partial charge < -0.3 is 10.1 Å². The van der Waals surface area contributed by atoms with Gasteiger partial charge >= 0.3 is 0 Å². The maximum absolute atomic E-state index is 10.9. The molecule has 0 aliphatic rings. The van der Waals surface area contributed by atoms with Crippen molar-refractivity contribution in [1.82, 2.24) is 5.32 Å². The van der Waals surface area contributed by atoms with Gasteiger partial charge in [0.15, 0.2) is 0 Å². The Kier molecular flexibility index (Phi) is 5.86. The van der Waals surface area contributed by atoms with Crippen LogP contribution >= 0.6 is 0 Å². The highest BCUT2D eigenvalue weighted by molar-refractivity contribution is 5.75. The van der Waals surface area contributed by atoms with Crippen molar-refractivity contribution in [2.24, 2.45) is 0 Å². The van der Waals surface area contributed by atoms with Crippen molar-refractivity contribution in [3.63, 3.8) is 0 Å². The predicted octanol–water partition coefficient (Wildman–Crippen LogP) is 2.89. The summed E-state index contributed by atoms with van der Waals surface area (Å²) in [5.74, 6) is 1.62. The van der Waals surface area contributed by atoms with Crippen LogP contribution in [0.25, 0.3) is 0 Å². The van der Waals surface area contributed by atoms with Crippen LogP contribution in [0.2, 0.25) is 0 Å². The highest BCUT2D eigenvalue weighted by Crippen LogP contribution is 2.23. The first-order chi connectivity index (χ1) is 8.54. The topological polar surface area (TPSA) is 38.3 Å². The number of methoxy groups -OCH3 is 1. The number of ketones is 1. The van der Waals surface area contributed by atoms with E-state index in [-0.39, 0.29) is 5.78 Å². The maximum atomic E-state index is 10.9. The molecule has 0 aliphatic heterocycles. The monoisotopic (exact) mass is 249 g/mol. The summed E-state index contributed by atoms with van der Waals surface area (Å²) in [6.07, 6.45) is 0.576. The summed E-state index contributed by atoms with van der Waals surface area (Å²) in [5.41, 5.74) is 2.45. The summed E-state index contributed by atoms with van der Waals surface area (Å²) >= 11 is 0. The second kappa shape index (κ2) is 7.17. The minimum Gasteiger partial charge on any atom is -0.496 e. The molecular formula is C15H23NO2. The van der Waals surface area contributed by atoms with Crippen LogP contribution in [0.4, 0.5) is 0 Å². The highest BCUT2D eigenvalue weighted by Gasteiger charge is 2.06. The van der Waals surface area contributed by atoms with Crippen LogP contribution in [-0.2, 0) is 11.3 Å². The van der Waals surface area contributed by atoms with Gasteiger partial charge in [-0.05, 0) is 24.5 Å². The number of hydrogen-bond acceptors (Lipinski definition) is 3. The fraction of sp³-hybridized carbons (Fsp3) is 0.533. The Labute approximate surface area is 110 Å². The maximum Gasteiger partial charge on any atom is 0.131 e. The zero-order valence-electron chi connectivity index (χ0n) is 11.7. The average molecular weight is 249 g/mol. The van der Waals surface area contributed by atoms with Crippen LogP contribution in [0, 0.1) is 0 Å². The van der Waals surface area contributed by atoms with Crippen LogP contribution in [0.5, 0.6) is 5.75 Å². The molecule has 100 valence electrons. The molecule has 1 aromatic rings. The van der Waals surface area contributed by atoms with E-state index in [1.54, 1.807) is 14.0 Å². The van der Waals surface area contributed by atoms with E-state index < -0.39 is 0 Å². The Morgan fingerprint density at radius 1 is 1.39 bits per heavy atom. The number of benzene rings is 1. The van der Waals surface area contributed by atoms with Gasteiger partial charge in [-0.3, -0.25) is 4.79 Å². The minimum absolute atomic E-state index is 0.213. The Hall–Kier alpha value is -1.35. The number of nitrogens with one attached hydrogen (secondary N) is 1. The first kappa shape index (κ1) is 14.7. The molecule has 1 rings (SSSR count). The van der Waals surface area contributed by atoms with Crippen molar-refractivity contribution in [3.8, 4) is 5.75 Å². The Morgan fingerprint density at radius 2 is 2.11 bits per heavy atom. The van der Waals surface area contributed by atoms with Gasteiger partial charge in [-0.1, -0.05) is 26.0 Å².